The van der Waals surface area contributed by atoms with Gasteiger partial charge in [0.15, 0.2) is 0 Å². The van der Waals surface area contributed by atoms with E-state index in [1.165, 1.54) is 30.7 Å². The maximum atomic E-state index is 12.5. The number of piperazine rings is 1. The van der Waals surface area contributed by atoms with Crippen molar-refractivity contribution < 1.29 is 14.4 Å². The first-order chi connectivity index (χ1) is 12.0. The summed E-state index contributed by atoms with van der Waals surface area (Å²) in [5.74, 6) is 0.793. The van der Waals surface area contributed by atoms with Gasteiger partial charge in [-0.25, -0.2) is 5.01 Å². The predicted octanol–water partition coefficient (Wildman–Crippen LogP) is 1.24. The monoisotopic (exact) mass is 348 g/mol. The molecule has 3 aliphatic rings. The lowest BCUT2D eigenvalue weighted by Crippen LogP contribution is -2.52. The zero-order valence-electron chi connectivity index (χ0n) is 15.1. The zero-order chi connectivity index (χ0) is 17.8. The molecule has 0 radical (unpaired) electrons. The van der Waals surface area contributed by atoms with E-state index in [0.717, 1.165) is 12.3 Å². The van der Waals surface area contributed by atoms with Gasteiger partial charge in [-0.05, 0) is 12.3 Å². The number of carbonyl (C=O) groups is 3. The Bertz CT molecular complexity index is 561. The van der Waals surface area contributed by atoms with Crippen molar-refractivity contribution in [3.8, 4) is 0 Å². The second kappa shape index (κ2) is 7.97. The molecule has 0 aromatic rings. The summed E-state index contributed by atoms with van der Waals surface area (Å²) in [5, 5.41) is 5.34. The van der Waals surface area contributed by atoms with Gasteiger partial charge in [-0.3, -0.25) is 14.4 Å². The topological polar surface area (TPSA) is 73.3 Å². The third-order valence-corrected chi connectivity index (χ3v) is 5.61. The van der Waals surface area contributed by atoms with Crippen LogP contribution < -0.4 is 0 Å². The van der Waals surface area contributed by atoms with Crippen molar-refractivity contribution in [2.45, 2.75) is 51.4 Å². The Morgan fingerprint density at radius 2 is 1.68 bits per heavy atom. The van der Waals surface area contributed by atoms with Crippen LogP contribution in [0.4, 0.5) is 0 Å². The first-order valence-corrected chi connectivity index (χ1v) is 9.45. The van der Waals surface area contributed by atoms with E-state index in [1.54, 1.807) is 11.9 Å². The molecule has 0 spiro atoms. The van der Waals surface area contributed by atoms with E-state index in [4.69, 9.17) is 0 Å². The Labute approximate surface area is 149 Å². The van der Waals surface area contributed by atoms with E-state index in [2.05, 4.69) is 5.10 Å². The molecule has 0 unspecified atom stereocenters. The number of nitrogens with zero attached hydrogens (tertiary/aromatic N) is 4. The molecule has 2 heterocycles. The molecule has 0 aromatic carbocycles. The minimum atomic E-state index is -0.0996. The lowest BCUT2D eigenvalue weighted by atomic mass is 10.0. The fourth-order valence-electron chi connectivity index (χ4n) is 3.95. The summed E-state index contributed by atoms with van der Waals surface area (Å²) in [6.45, 7) is 2.28. The fraction of sp³-hybridized carbons (Fsp3) is 0.778. The lowest BCUT2D eigenvalue weighted by molar-refractivity contribution is -0.137. The molecular formula is C18H28N4O3. The van der Waals surface area contributed by atoms with Crippen LogP contribution in [-0.4, -0.2) is 71.5 Å². The van der Waals surface area contributed by atoms with E-state index in [0.29, 0.717) is 51.2 Å². The van der Waals surface area contributed by atoms with Crippen LogP contribution in [-0.2, 0) is 14.4 Å². The highest BCUT2D eigenvalue weighted by molar-refractivity contribution is 6.39. The van der Waals surface area contributed by atoms with Gasteiger partial charge >= 0.3 is 0 Å². The van der Waals surface area contributed by atoms with Crippen LogP contribution in [0, 0.1) is 5.92 Å². The van der Waals surface area contributed by atoms with Crippen LogP contribution in [0.3, 0.4) is 0 Å². The Balaban J connectivity index is 1.44. The summed E-state index contributed by atoms with van der Waals surface area (Å²) < 4.78 is 0. The summed E-state index contributed by atoms with van der Waals surface area (Å²) in [6, 6.07) is 0. The minimum absolute atomic E-state index is 0.0609. The van der Waals surface area contributed by atoms with Crippen molar-refractivity contribution in [3.63, 3.8) is 0 Å². The molecule has 7 heteroatoms. The van der Waals surface area contributed by atoms with Crippen molar-refractivity contribution in [1.29, 1.82) is 0 Å². The van der Waals surface area contributed by atoms with E-state index in [9.17, 15) is 14.4 Å². The molecule has 2 fully saturated rings. The molecule has 2 aliphatic heterocycles. The molecule has 25 heavy (non-hydrogen) atoms. The van der Waals surface area contributed by atoms with Gasteiger partial charge in [-0.15, -0.1) is 0 Å². The number of hydrogen-bond acceptors (Lipinski definition) is 4. The highest BCUT2D eigenvalue weighted by Crippen LogP contribution is 2.28. The molecule has 138 valence electrons. The van der Waals surface area contributed by atoms with Gasteiger partial charge in [-0.1, -0.05) is 25.7 Å². The van der Waals surface area contributed by atoms with Gasteiger partial charge in [0, 0.05) is 52.5 Å². The van der Waals surface area contributed by atoms with Gasteiger partial charge in [0.25, 0.3) is 5.91 Å². The maximum Gasteiger partial charge on any atom is 0.270 e. The quantitative estimate of drug-likeness (QED) is 0.767. The summed E-state index contributed by atoms with van der Waals surface area (Å²) >= 11 is 0. The van der Waals surface area contributed by atoms with Crippen LogP contribution in [0.5, 0.6) is 0 Å². The van der Waals surface area contributed by atoms with Crippen LogP contribution in [0.1, 0.15) is 51.4 Å². The third-order valence-electron chi connectivity index (χ3n) is 5.61. The third kappa shape index (κ3) is 4.38. The van der Waals surface area contributed by atoms with E-state index in [1.807, 2.05) is 4.90 Å². The number of rotatable bonds is 4. The van der Waals surface area contributed by atoms with Crippen molar-refractivity contribution in [2.24, 2.45) is 11.0 Å². The molecule has 0 N–H and O–H groups in total. The van der Waals surface area contributed by atoms with E-state index in [-0.39, 0.29) is 17.7 Å². The minimum Gasteiger partial charge on any atom is -0.339 e. The van der Waals surface area contributed by atoms with Crippen molar-refractivity contribution in [3.05, 3.63) is 0 Å². The number of hydrazone groups is 1. The molecule has 0 aromatic heterocycles. The van der Waals surface area contributed by atoms with Crippen LogP contribution in [0.25, 0.3) is 0 Å². The maximum absolute atomic E-state index is 12.5. The first-order valence-electron chi connectivity index (χ1n) is 9.45. The summed E-state index contributed by atoms with van der Waals surface area (Å²) in [4.78, 5) is 40.0. The van der Waals surface area contributed by atoms with Crippen molar-refractivity contribution >= 4 is 23.4 Å². The summed E-state index contributed by atoms with van der Waals surface area (Å²) in [5.41, 5.74) is 0.447. The van der Waals surface area contributed by atoms with Gasteiger partial charge in [0.1, 0.15) is 5.71 Å². The molecule has 1 aliphatic carbocycles. The number of carbonyl (C=O) groups excluding carboxylic acids is 3. The SMILES string of the molecule is CN1N=C(C(=O)N2CCN(C(=O)CCC3CCCC3)CC2)CCC1=O. The molecule has 1 saturated heterocycles. The summed E-state index contributed by atoms with van der Waals surface area (Å²) in [6.07, 6.45) is 7.55. The highest BCUT2D eigenvalue weighted by atomic mass is 16.2. The molecular weight excluding hydrogens is 320 g/mol. The Morgan fingerprint density at radius 3 is 2.32 bits per heavy atom. The average molecular weight is 348 g/mol. The normalized spacial score (nSPS) is 22.4. The lowest BCUT2D eigenvalue weighted by Gasteiger charge is -2.35. The smallest absolute Gasteiger partial charge is 0.270 e. The van der Waals surface area contributed by atoms with Crippen LogP contribution in [0.15, 0.2) is 5.10 Å². The highest BCUT2D eigenvalue weighted by Gasteiger charge is 2.29. The van der Waals surface area contributed by atoms with Gasteiger partial charge in [0.05, 0.1) is 0 Å². The Morgan fingerprint density at radius 1 is 1.04 bits per heavy atom. The molecule has 0 atom stereocenters. The Hall–Kier alpha value is -1.92. The van der Waals surface area contributed by atoms with Crippen LogP contribution >= 0.6 is 0 Å². The predicted molar refractivity (Wildman–Crippen MR) is 93.8 cm³/mol. The first kappa shape index (κ1) is 17.9. The molecule has 3 amide bonds. The van der Waals surface area contributed by atoms with Gasteiger partial charge < -0.3 is 9.80 Å². The Kier molecular flexibility index (Phi) is 5.71. The number of hydrogen-bond donors (Lipinski definition) is 0. The molecule has 3 rings (SSSR count). The van der Waals surface area contributed by atoms with E-state index < -0.39 is 0 Å². The molecule has 1 saturated carbocycles. The van der Waals surface area contributed by atoms with Crippen LogP contribution in [0.2, 0.25) is 0 Å². The van der Waals surface area contributed by atoms with E-state index >= 15 is 0 Å². The average Bonchev–Trinajstić information content (AvgIpc) is 3.15. The summed E-state index contributed by atoms with van der Waals surface area (Å²) in [7, 11) is 1.58. The molecule has 0 bridgehead atoms. The second-order valence-electron chi connectivity index (χ2n) is 7.33. The van der Waals surface area contributed by atoms with Gasteiger partial charge in [-0.2, -0.15) is 5.10 Å². The molecule has 7 nitrogen and oxygen atoms in total. The van der Waals surface area contributed by atoms with Gasteiger partial charge in [0.2, 0.25) is 11.8 Å². The second-order valence-corrected chi connectivity index (χ2v) is 7.33. The standard InChI is InChI=1S/C18H28N4O3/c1-20-16(23)9-7-15(19-20)18(25)22-12-10-21(11-13-22)17(24)8-6-14-4-2-3-5-14/h14H,2-13H2,1H3. The fourth-order valence-corrected chi connectivity index (χ4v) is 3.95. The number of amides is 3. The largest absolute Gasteiger partial charge is 0.339 e. The van der Waals surface area contributed by atoms with Crippen molar-refractivity contribution in [2.75, 3.05) is 33.2 Å². The zero-order valence-corrected chi connectivity index (χ0v) is 15.1. The van der Waals surface area contributed by atoms with Crippen molar-refractivity contribution in [1.82, 2.24) is 14.8 Å².